The molecule has 1 amide bonds. The fourth-order valence-electron chi connectivity index (χ4n) is 2.62. The van der Waals surface area contributed by atoms with Gasteiger partial charge in [0.05, 0.1) is 5.92 Å². The van der Waals surface area contributed by atoms with Crippen LogP contribution in [-0.4, -0.2) is 12.7 Å². The average molecular weight is 297 g/mol. The van der Waals surface area contributed by atoms with E-state index in [-0.39, 0.29) is 18.6 Å². The van der Waals surface area contributed by atoms with Gasteiger partial charge in [-0.1, -0.05) is 43.3 Å². The van der Waals surface area contributed by atoms with Crippen LogP contribution in [0.4, 0.5) is 0 Å². The average Bonchev–Trinajstić information content (AvgIpc) is 3.02. The number of fused-ring (bicyclic) bond motifs is 1. The van der Waals surface area contributed by atoms with Crippen molar-refractivity contribution in [2.45, 2.75) is 25.8 Å². The maximum absolute atomic E-state index is 12.4. The van der Waals surface area contributed by atoms with Gasteiger partial charge in [-0.05, 0) is 29.7 Å². The minimum Gasteiger partial charge on any atom is -0.454 e. The lowest BCUT2D eigenvalue weighted by Gasteiger charge is -2.15. The summed E-state index contributed by atoms with van der Waals surface area (Å²) in [6.45, 7) is 2.77. The number of carbonyl (C=O) groups is 1. The normalized spacial score (nSPS) is 13.7. The molecule has 1 atom stereocenters. The van der Waals surface area contributed by atoms with Crippen molar-refractivity contribution in [1.29, 1.82) is 0 Å². The van der Waals surface area contributed by atoms with Crippen molar-refractivity contribution < 1.29 is 14.3 Å². The molecule has 4 nitrogen and oxygen atoms in total. The molecule has 22 heavy (non-hydrogen) atoms. The Morgan fingerprint density at radius 2 is 1.91 bits per heavy atom. The van der Waals surface area contributed by atoms with E-state index in [2.05, 4.69) is 5.32 Å². The van der Waals surface area contributed by atoms with Crippen LogP contribution in [0.3, 0.4) is 0 Å². The predicted octanol–water partition coefficient (Wildman–Crippen LogP) is 3.23. The zero-order chi connectivity index (χ0) is 15.4. The van der Waals surface area contributed by atoms with Crippen LogP contribution in [-0.2, 0) is 11.3 Å². The molecule has 0 aliphatic carbocycles. The highest BCUT2D eigenvalue weighted by Crippen LogP contribution is 2.32. The molecule has 1 unspecified atom stereocenters. The fourth-order valence-corrected chi connectivity index (χ4v) is 2.62. The molecular formula is C18H19NO3. The maximum Gasteiger partial charge on any atom is 0.231 e. The van der Waals surface area contributed by atoms with Crippen molar-refractivity contribution in [3.63, 3.8) is 0 Å². The largest absolute Gasteiger partial charge is 0.454 e. The second kappa shape index (κ2) is 6.52. The Hall–Kier alpha value is -2.49. The van der Waals surface area contributed by atoms with Crippen LogP contribution in [0, 0.1) is 0 Å². The van der Waals surface area contributed by atoms with Gasteiger partial charge in [-0.3, -0.25) is 4.79 Å². The third-order valence-corrected chi connectivity index (χ3v) is 3.83. The highest BCUT2D eigenvalue weighted by molar-refractivity contribution is 5.83. The summed E-state index contributed by atoms with van der Waals surface area (Å²) in [7, 11) is 0. The molecule has 0 bridgehead atoms. The number of carbonyl (C=O) groups excluding carboxylic acids is 1. The number of hydrogen-bond acceptors (Lipinski definition) is 3. The van der Waals surface area contributed by atoms with E-state index in [9.17, 15) is 4.79 Å². The predicted molar refractivity (Wildman–Crippen MR) is 83.9 cm³/mol. The highest BCUT2D eigenvalue weighted by Gasteiger charge is 2.18. The van der Waals surface area contributed by atoms with Crippen molar-refractivity contribution in [3.05, 3.63) is 59.7 Å². The van der Waals surface area contributed by atoms with E-state index < -0.39 is 0 Å². The second-order valence-corrected chi connectivity index (χ2v) is 5.28. The molecule has 0 radical (unpaired) electrons. The van der Waals surface area contributed by atoms with Crippen molar-refractivity contribution in [1.82, 2.24) is 5.32 Å². The quantitative estimate of drug-likeness (QED) is 0.921. The molecule has 1 aliphatic heterocycles. The molecule has 2 aromatic carbocycles. The molecule has 0 saturated heterocycles. The zero-order valence-electron chi connectivity index (χ0n) is 12.5. The standard InChI is InChI=1S/C18H19NO3/c1-2-15(14-6-4-3-5-7-14)18(20)19-11-13-8-9-16-17(10-13)22-12-21-16/h3-10,15H,2,11-12H2,1H3,(H,19,20). The molecule has 0 aromatic heterocycles. The number of ether oxygens (including phenoxy) is 2. The highest BCUT2D eigenvalue weighted by atomic mass is 16.7. The first-order valence-electron chi connectivity index (χ1n) is 7.49. The number of nitrogens with one attached hydrogen (secondary N) is 1. The SMILES string of the molecule is CCC(C(=O)NCc1ccc2c(c1)OCO2)c1ccccc1. The van der Waals surface area contributed by atoms with E-state index in [0.717, 1.165) is 29.0 Å². The van der Waals surface area contributed by atoms with Crippen molar-refractivity contribution in [3.8, 4) is 11.5 Å². The summed E-state index contributed by atoms with van der Waals surface area (Å²) < 4.78 is 10.6. The third-order valence-electron chi connectivity index (χ3n) is 3.83. The Labute approximate surface area is 130 Å². The van der Waals surface area contributed by atoms with E-state index in [1.807, 2.05) is 55.5 Å². The number of benzene rings is 2. The molecule has 1 aliphatic rings. The van der Waals surface area contributed by atoms with Gasteiger partial charge in [0.25, 0.3) is 0 Å². The monoisotopic (exact) mass is 297 g/mol. The van der Waals surface area contributed by atoms with E-state index in [1.165, 1.54) is 0 Å². The number of amides is 1. The van der Waals surface area contributed by atoms with E-state index >= 15 is 0 Å². The molecule has 0 saturated carbocycles. The van der Waals surface area contributed by atoms with Crippen LogP contribution in [0.2, 0.25) is 0 Å². The summed E-state index contributed by atoms with van der Waals surface area (Å²) in [5.41, 5.74) is 2.05. The van der Waals surface area contributed by atoms with Crippen molar-refractivity contribution in [2.75, 3.05) is 6.79 Å². The van der Waals surface area contributed by atoms with Gasteiger partial charge in [-0.25, -0.2) is 0 Å². The minimum atomic E-state index is -0.116. The van der Waals surface area contributed by atoms with Crippen LogP contribution in [0.1, 0.15) is 30.4 Å². The number of rotatable bonds is 5. The molecular weight excluding hydrogens is 278 g/mol. The Balaban J connectivity index is 1.64. The maximum atomic E-state index is 12.4. The fraction of sp³-hybridized carbons (Fsp3) is 0.278. The Morgan fingerprint density at radius 1 is 1.14 bits per heavy atom. The minimum absolute atomic E-state index is 0.0476. The molecule has 4 heteroatoms. The Morgan fingerprint density at radius 3 is 2.68 bits per heavy atom. The second-order valence-electron chi connectivity index (χ2n) is 5.28. The van der Waals surface area contributed by atoms with Crippen molar-refractivity contribution in [2.24, 2.45) is 0 Å². The molecule has 1 N–H and O–H groups in total. The molecule has 1 heterocycles. The van der Waals surface area contributed by atoms with Gasteiger partial charge in [0.1, 0.15) is 0 Å². The van der Waals surface area contributed by atoms with Gasteiger partial charge < -0.3 is 14.8 Å². The van der Waals surface area contributed by atoms with E-state index in [4.69, 9.17) is 9.47 Å². The first-order chi connectivity index (χ1) is 10.8. The van der Waals surface area contributed by atoms with Crippen LogP contribution in [0.25, 0.3) is 0 Å². The summed E-state index contributed by atoms with van der Waals surface area (Å²) in [5.74, 6) is 1.43. The van der Waals surface area contributed by atoms with Gasteiger partial charge in [0, 0.05) is 6.54 Å². The van der Waals surface area contributed by atoms with Gasteiger partial charge in [0.2, 0.25) is 12.7 Å². The Kier molecular flexibility index (Phi) is 4.28. The molecule has 114 valence electrons. The number of hydrogen-bond donors (Lipinski definition) is 1. The lowest BCUT2D eigenvalue weighted by atomic mass is 9.95. The van der Waals surface area contributed by atoms with Crippen LogP contribution in [0.5, 0.6) is 11.5 Å². The van der Waals surface area contributed by atoms with Gasteiger partial charge in [-0.15, -0.1) is 0 Å². The van der Waals surface area contributed by atoms with Crippen LogP contribution < -0.4 is 14.8 Å². The van der Waals surface area contributed by atoms with Gasteiger partial charge in [0.15, 0.2) is 11.5 Å². The molecule has 3 rings (SSSR count). The zero-order valence-corrected chi connectivity index (χ0v) is 12.5. The summed E-state index contributed by atoms with van der Waals surface area (Å²) >= 11 is 0. The summed E-state index contributed by atoms with van der Waals surface area (Å²) in [5, 5.41) is 3.00. The lowest BCUT2D eigenvalue weighted by Crippen LogP contribution is -2.28. The molecule has 0 spiro atoms. The van der Waals surface area contributed by atoms with Gasteiger partial charge in [-0.2, -0.15) is 0 Å². The first-order valence-corrected chi connectivity index (χ1v) is 7.49. The third kappa shape index (κ3) is 3.06. The Bertz CT molecular complexity index is 655. The van der Waals surface area contributed by atoms with Crippen LogP contribution in [0.15, 0.2) is 48.5 Å². The summed E-state index contributed by atoms with van der Waals surface area (Å²) in [6, 6.07) is 15.6. The summed E-state index contributed by atoms with van der Waals surface area (Å²) in [4.78, 5) is 12.4. The lowest BCUT2D eigenvalue weighted by molar-refractivity contribution is -0.122. The topological polar surface area (TPSA) is 47.6 Å². The van der Waals surface area contributed by atoms with Gasteiger partial charge >= 0.3 is 0 Å². The van der Waals surface area contributed by atoms with E-state index in [0.29, 0.717) is 6.54 Å². The van der Waals surface area contributed by atoms with E-state index in [1.54, 1.807) is 0 Å². The summed E-state index contributed by atoms with van der Waals surface area (Å²) in [6.07, 6.45) is 0.775. The molecule has 2 aromatic rings. The molecule has 0 fully saturated rings. The first kappa shape index (κ1) is 14.4. The van der Waals surface area contributed by atoms with Crippen LogP contribution >= 0.6 is 0 Å². The van der Waals surface area contributed by atoms with Crippen molar-refractivity contribution >= 4 is 5.91 Å². The smallest absolute Gasteiger partial charge is 0.231 e.